The molecule has 0 aliphatic heterocycles. The zero-order chi connectivity index (χ0) is 12.0. The fourth-order valence-corrected chi connectivity index (χ4v) is 3.30. The predicted molar refractivity (Wildman–Crippen MR) is 72.7 cm³/mol. The summed E-state index contributed by atoms with van der Waals surface area (Å²) in [6.45, 7) is 4.36. The SMILES string of the molecule is CCC(C)C(=O)OCCSc1ccc(S)s1. The molecule has 1 atom stereocenters. The van der Waals surface area contributed by atoms with Crippen molar-refractivity contribution in [3.8, 4) is 0 Å². The van der Waals surface area contributed by atoms with Gasteiger partial charge in [-0.2, -0.15) is 0 Å². The van der Waals surface area contributed by atoms with Crippen molar-refractivity contribution in [2.75, 3.05) is 12.4 Å². The van der Waals surface area contributed by atoms with E-state index in [9.17, 15) is 4.79 Å². The van der Waals surface area contributed by atoms with Gasteiger partial charge in [0, 0.05) is 5.75 Å². The summed E-state index contributed by atoms with van der Waals surface area (Å²) in [5.74, 6) is 0.718. The Kier molecular flexibility index (Phi) is 6.31. The van der Waals surface area contributed by atoms with Crippen LogP contribution in [0.25, 0.3) is 0 Å². The maximum Gasteiger partial charge on any atom is 0.308 e. The molecule has 1 heterocycles. The van der Waals surface area contributed by atoms with Gasteiger partial charge in [-0.1, -0.05) is 13.8 Å². The van der Waals surface area contributed by atoms with Crippen molar-refractivity contribution in [1.82, 2.24) is 0 Å². The smallest absolute Gasteiger partial charge is 0.308 e. The number of hydrogen-bond donors (Lipinski definition) is 1. The number of rotatable bonds is 6. The van der Waals surface area contributed by atoms with E-state index in [-0.39, 0.29) is 11.9 Å². The van der Waals surface area contributed by atoms with E-state index in [0.717, 1.165) is 16.4 Å². The Bertz CT molecular complexity index is 336. The first-order valence-corrected chi connectivity index (χ1v) is 7.46. The maximum absolute atomic E-state index is 11.3. The number of thiol groups is 1. The fourth-order valence-electron chi connectivity index (χ4n) is 0.981. The van der Waals surface area contributed by atoms with Crippen LogP contribution in [0.3, 0.4) is 0 Å². The molecule has 1 rings (SSSR count). The molecule has 16 heavy (non-hydrogen) atoms. The maximum atomic E-state index is 11.3. The lowest BCUT2D eigenvalue weighted by Crippen LogP contribution is -2.15. The van der Waals surface area contributed by atoms with Gasteiger partial charge in [0.1, 0.15) is 6.61 Å². The molecule has 0 saturated carbocycles. The Balaban J connectivity index is 2.15. The van der Waals surface area contributed by atoms with Gasteiger partial charge >= 0.3 is 5.97 Å². The van der Waals surface area contributed by atoms with E-state index >= 15 is 0 Å². The molecule has 0 aliphatic rings. The van der Waals surface area contributed by atoms with E-state index in [1.807, 2.05) is 26.0 Å². The standard InChI is InChI=1S/C11H16O2S3/c1-3-8(2)11(12)13-6-7-15-10-5-4-9(14)16-10/h4-5,8,14H,3,6-7H2,1-2H3. The van der Waals surface area contributed by atoms with Crippen molar-refractivity contribution in [2.45, 2.75) is 28.7 Å². The van der Waals surface area contributed by atoms with Crippen molar-refractivity contribution in [3.05, 3.63) is 12.1 Å². The lowest BCUT2D eigenvalue weighted by molar-refractivity contribution is -0.147. The Morgan fingerprint density at radius 1 is 1.62 bits per heavy atom. The monoisotopic (exact) mass is 276 g/mol. The molecule has 0 N–H and O–H groups in total. The normalized spacial score (nSPS) is 12.4. The van der Waals surface area contributed by atoms with Gasteiger partial charge in [-0.05, 0) is 18.6 Å². The molecule has 90 valence electrons. The van der Waals surface area contributed by atoms with Gasteiger partial charge in [-0.15, -0.1) is 35.7 Å². The van der Waals surface area contributed by atoms with Crippen molar-refractivity contribution >= 4 is 41.7 Å². The molecule has 0 spiro atoms. The Hall–Kier alpha value is -0.130. The average Bonchev–Trinajstić information content (AvgIpc) is 2.69. The fraction of sp³-hybridized carbons (Fsp3) is 0.545. The molecule has 0 bridgehead atoms. The molecule has 0 radical (unpaired) electrons. The van der Waals surface area contributed by atoms with Gasteiger partial charge < -0.3 is 4.74 Å². The summed E-state index contributed by atoms with van der Waals surface area (Å²) in [5.41, 5.74) is 0. The summed E-state index contributed by atoms with van der Waals surface area (Å²) >= 11 is 7.58. The van der Waals surface area contributed by atoms with Gasteiger partial charge in [0.15, 0.2) is 0 Å². The third-order valence-electron chi connectivity index (χ3n) is 2.15. The summed E-state index contributed by atoms with van der Waals surface area (Å²) < 4.78 is 7.37. The molecule has 2 nitrogen and oxygen atoms in total. The van der Waals surface area contributed by atoms with Crippen LogP contribution in [-0.4, -0.2) is 18.3 Å². The Morgan fingerprint density at radius 3 is 2.94 bits per heavy atom. The molecule has 1 aromatic heterocycles. The lowest BCUT2D eigenvalue weighted by Gasteiger charge is -2.08. The summed E-state index contributed by atoms with van der Waals surface area (Å²) in [6.07, 6.45) is 0.833. The van der Waals surface area contributed by atoms with Crippen LogP contribution in [0.1, 0.15) is 20.3 Å². The van der Waals surface area contributed by atoms with Crippen LogP contribution < -0.4 is 0 Å². The van der Waals surface area contributed by atoms with Gasteiger partial charge in [0.05, 0.1) is 14.3 Å². The van der Waals surface area contributed by atoms with E-state index in [2.05, 4.69) is 12.6 Å². The van der Waals surface area contributed by atoms with Crippen LogP contribution in [-0.2, 0) is 9.53 Å². The lowest BCUT2D eigenvalue weighted by atomic mass is 10.1. The molecular weight excluding hydrogens is 260 g/mol. The van der Waals surface area contributed by atoms with Crippen LogP contribution in [0, 0.1) is 5.92 Å². The molecular formula is C11H16O2S3. The highest BCUT2D eigenvalue weighted by Crippen LogP contribution is 2.28. The largest absolute Gasteiger partial charge is 0.465 e. The zero-order valence-electron chi connectivity index (χ0n) is 9.43. The van der Waals surface area contributed by atoms with Crippen molar-refractivity contribution in [2.24, 2.45) is 5.92 Å². The minimum atomic E-state index is -0.0934. The van der Waals surface area contributed by atoms with Crippen molar-refractivity contribution < 1.29 is 9.53 Å². The predicted octanol–water partition coefficient (Wildman–Crippen LogP) is 3.72. The number of esters is 1. The van der Waals surface area contributed by atoms with Crippen LogP contribution >= 0.6 is 35.7 Å². The number of thioether (sulfide) groups is 1. The first-order valence-electron chi connectivity index (χ1n) is 5.21. The minimum absolute atomic E-state index is 0.00998. The van der Waals surface area contributed by atoms with Gasteiger partial charge in [-0.25, -0.2) is 0 Å². The topological polar surface area (TPSA) is 26.3 Å². The molecule has 0 aliphatic carbocycles. The quantitative estimate of drug-likeness (QED) is 0.371. The number of hydrogen-bond acceptors (Lipinski definition) is 5. The van der Waals surface area contributed by atoms with E-state index in [0.29, 0.717) is 6.61 Å². The second kappa shape index (κ2) is 7.25. The first-order chi connectivity index (χ1) is 7.63. The number of ether oxygens (including phenoxy) is 1. The highest BCUT2D eigenvalue weighted by atomic mass is 32.2. The number of carbonyl (C=O) groups is 1. The molecule has 0 amide bonds. The second-order valence-electron chi connectivity index (χ2n) is 3.42. The van der Waals surface area contributed by atoms with Crippen molar-refractivity contribution in [1.29, 1.82) is 0 Å². The van der Waals surface area contributed by atoms with Crippen LogP contribution in [0.5, 0.6) is 0 Å². The van der Waals surface area contributed by atoms with Gasteiger partial charge in [0.2, 0.25) is 0 Å². The summed E-state index contributed by atoms with van der Waals surface area (Å²) in [6, 6.07) is 4.01. The molecule has 1 aromatic rings. The second-order valence-corrected chi connectivity index (χ2v) is 6.68. The van der Waals surface area contributed by atoms with Crippen LogP contribution in [0.4, 0.5) is 0 Å². The highest BCUT2D eigenvalue weighted by Gasteiger charge is 2.11. The molecule has 0 aromatic carbocycles. The summed E-state index contributed by atoms with van der Waals surface area (Å²) in [5, 5.41) is 0. The molecule has 0 saturated heterocycles. The van der Waals surface area contributed by atoms with Crippen molar-refractivity contribution in [3.63, 3.8) is 0 Å². The van der Waals surface area contributed by atoms with E-state index in [1.165, 1.54) is 4.21 Å². The van der Waals surface area contributed by atoms with Gasteiger partial charge in [-0.3, -0.25) is 4.79 Å². The Morgan fingerprint density at radius 2 is 2.38 bits per heavy atom. The zero-order valence-corrected chi connectivity index (χ0v) is 12.0. The highest BCUT2D eigenvalue weighted by molar-refractivity contribution is 8.01. The van der Waals surface area contributed by atoms with Gasteiger partial charge in [0.25, 0.3) is 0 Å². The first kappa shape index (κ1) is 13.9. The van der Waals surface area contributed by atoms with E-state index in [4.69, 9.17) is 4.74 Å². The van der Waals surface area contributed by atoms with E-state index < -0.39 is 0 Å². The summed E-state index contributed by atoms with van der Waals surface area (Å²) in [7, 11) is 0. The number of thiophene rings is 1. The van der Waals surface area contributed by atoms with Crippen LogP contribution in [0.2, 0.25) is 0 Å². The van der Waals surface area contributed by atoms with Crippen LogP contribution in [0.15, 0.2) is 20.6 Å². The third kappa shape index (κ3) is 4.80. The Labute approximate surface area is 110 Å². The molecule has 5 heteroatoms. The molecule has 1 unspecified atom stereocenters. The minimum Gasteiger partial charge on any atom is -0.465 e. The average molecular weight is 276 g/mol. The number of carbonyl (C=O) groups excluding carboxylic acids is 1. The molecule has 0 fully saturated rings. The van der Waals surface area contributed by atoms with E-state index in [1.54, 1.807) is 23.1 Å². The third-order valence-corrected chi connectivity index (χ3v) is 4.65. The summed E-state index contributed by atoms with van der Waals surface area (Å²) in [4.78, 5) is 11.3.